The number of fused-ring (bicyclic) bond motifs is 1. The number of hydrogen-bond acceptors (Lipinski definition) is 4. The summed E-state index contributed by atoms with van der Waals surface area (Å²) in [5, 5.41) is 26.2. The van der Waals surface area contributed by atoms with Crippen molar-refractivity contribution in [1.29, 1.82) is 0 Å². The summed E-state index contributed by atoms with van der Waals surface area (Å²) in [5.74, 6) is -0.367. The second-order valence-electron chi connectivity index (χ2n) is 8.32. The molecule has 1 saturated carbocycles. The minimum Gasteiger partial charge on any atom is -0.497 e. The lowest BCUT2D eigenvalue weighted by Crippen LogP contribution is -2.43. The lowest BCUT2D eigenvalue weighted by molar-refractivity contribution is -0.0538. The number of benzene rings is 2. The van der Waals surface area contributed by atoms with Gasteiger partial charge in [0.05, 0.1) is 17.7 Å². The number of aromatic amines is 1. The van der Waals surface area contributed by atoms with Gasteiger partial charge in [-0.15, -0.1) is 0 Å². The van der Waals surface area contributed by atoms with E-state index in [1.165, 1.54) is 0 Å². The topological polar surface area (TPSA) is 94.6 Å². The van der Waals surface area contributed by atoms with Crippen LogP contribution in [-0.4, -0.2) is 34.8 Å². The lowest BCUT2D eigenvalue weighted by Gasteiger charge is -2.41. The van der Waals surface area contributed by atoms with Gasteiger partial charge in [0.25, 0.3) is 0 Å². The number of halogens is 2. The molecule has 0 saturated heterocycles. The van der Waals surface area contributed by atoms with Crippen LogP contribution in [0.5, 0.6) is 5.75 Å². The number of aromatic nitrogens is 1. The predicted molar refractivity (Wildman–Crippen MR) is 126 cm³/mol. The molecular formula is C24H26Cl2N2O4. The maximum Gasteiger partial charge on any atom is 0.352 e. The predicted octanol–water partition coefficient (Wildman–Crippen LogP) is 5.35. The second-order valence-corrected chi connectivity index (χ2v) is 9.17. The molecule has 32 heavy (non-hydrogen) atoms. The largest absolute Gasteiger partial charge is 0.497 e. The van der Waals surface area contributed by atoms with Gasteiger partial charge < -0.3 is 25.3 Å². The monoisotopic (exact) mass is 476 g/mol. The van der Waals surface area contributed by atoms with Crippen molar-refractivity contribution in [2.24, 2.45) is 5.92 Å². The number of carbonyl (C=O) groups is 1. The first kappa shape index (κ1) is 22.9. The third kappa shape index (κ3) is 4.33. The van der Waals surface area contributed by atoms with E-state index in [1.807, 2.05) is 24.3 Å². The summed E-state index contributed by atoms with van der Waals surface area (Å²) in [6.07, 6.45) is 3.53. The molecule has 6 nitrogen and oxygen atoms in total. The molecule has 1 fully saturated rings. The van der Waals surface area contributed by atoms with Crippen molar-refractivity contribution >= 4 is 40.1 Å². The molecule has 0 bridgehead atoms. The van der Waals surface area contributed by atoms with Crippen LogP contribution < -0.4 is 10.1 Å². The van der Waals surface area contributed by atoms with Gasteiger partial charge in [-0.2, -0.15) is 0 Å². The Labute approximate surface area is 196 Å². The number of aromatic carboxylic acids is 1. The van der Waals surface area contributed by atoms with Crippen molar-refractivity contribution in [3.8, 4) is 5.75 Å². The molecule has 0 aliphatic heterocycles. The average molecular weight is 477 g/mol. The van der Waals surface area contributed by atoms with Crippen molar-refractivity contribution in [3.63, 3.8) is 0 Å². The first-order valence-electron chi connectivity index (χ1n) is 10.6. The highest BCUT2D eigenvalue weighted by molar-refractivity contribution is 6.39. The van der Waals surface area contributed by atoms with Crippen LogP contribution in [-0.2, 0) is 12.1 Å². The molecule has 2 atom stereocenters. The molecule has 1 aromatic heterocycles. The van der Waals surface area contributed by atoms with Gasteiger partial charge in [-0.25, -0.2) is 4.79 Å². The smallest absolute Gasteiger partial charge is 0.352 e. The first-order chi connectivity index (χ1) is 15.3. The fourth-order valence-electron chi connectivity index (χ4n) is 4.82. The number of H-pyrrole nitrogens is 1. The molecular weight excluding hydrogens is 451 g/mol. The zero-order valence-electron chi connectivity index (χ0n) is 17.8. The van der Waals surface area contributed by atoms with Gasteiger partial charge in [0.2, 0.25) is 0 Å². The number of carboxylic acid groups (broad SMARTS) is 1. The van der Waals surface area contributed by atoms with Crippen LogP contribution in [0.4, 0.5) is 0 Å². The fraction of sp³-hybridized carbons (Fsp3) is 0.375. The Hall–Kier alpha value is -2.25. The highest BCUT2D eigenvalue weighted by atomic mass is 35.5. The SMILES string of the molecule is COc1cccc(C2(O)CCCCC2CNCc2c(C(=O)O)[nH]c3cc(Cl)cc(Cl)c23)c1. The van der Waals surface area contributed by atoms with Gasteiger partial charge in [0.1, 0.15) is 11.4 Å². The van der Waals surface area contributed by atoms with Crippen molar-refractivity contribution in [3.05, 3.63) is 63.3 Å². The third-order valence-electron chi connectivity index (χ3n) is 6.43. The Balaban J connectivity index is 1.57. The first-order valence-corrected chi connectivity index (χ1v) is 11.4. The summed E-state index contributed by atoms with van der Waals surface area (Å²) in [5.41, 5.74) is 1.13. The fourth-order valence-corrected chi connectivity index (χ4v) is 5.42. The minimum atomic E-state index is -1.06. The number of methoxy groups -OCH3 is 1. The van der Waals surface area contributed by atoms with Crippen LogP contribution >= 0.6 is 23.2 Å². The number of rotatable bonds is 7. The molecule has 2 aromatic carbocycles. The Kier molecular flexibility index (Phi) is 6.67. The number of aliphatic hydroxyl groups is 1. The van der Waals surface area contributed by atoms with E-state index in [1.54, 1.807) is 19.2 Å². The van der Waals surface area contributed by atoms with Crippen LogP contribution in [0.15, 0.2) is 36.4 Å². The Morgan fingerprint density at radius 1 is 1.28 bits per heavy atom. The molecule has 0 spiro atoms. The zero-order valence-corrected chi connectivity index (χ0v) is 19.3. The summed E-state index contributed by atoms with van der Waals surface area (Å²) in [7, 11) is 1.61. The van der Waals surface area contributed by atoms with Crippen LogP contribution in [0.2, 0.25) is 10.0 Å². The summed E-state index contributed by atoms with van der Waals surface area (Å²) < 4.78 is 5.34. The van der Waals surface area contributed by atoms with Gasteiger partial charge in [0, 0.05) is 40.5 Å². The van der Waals surface area contributed by atoms with Crippen molar-refractivity contribution in [2.75, 3.05) is 13.7 Å². The van der Waals surface area contributed by atoms with Crippen LogP contribution in [0.3, 0.4) is 0 Å². The molecule has 1 aliphatic rings. The van der Waals surface area contributed by atoms with E-state index in [-0.39, 0.29) is 11.6 Å². The van der Waals surface area contributed by atoms with E-state index < -0.39 is 11.6 Å². The van der Waals surface area contributed by atoms with E-state index >= 15 is 0 Å². The lowest BCUT2D eigenvalue weighted by atomic mass is 9.71. The molecule has 4 rings (SSSR count). The van der Waals surface area contributed by atoms with Crippen LogP contribution in [0.25, 0.3) is 10.9 Å². The maximum absolute atomic E-state index is 11.8. The molecule has 1 aliphatic carbocycles. The zero-order chi connectivity index (χ0) is 22.9. The van der Waals surface area contributed by atoms with Gasteiger partial charge in [0.15, 0.2) is 0 Å². The second kappa shape index (κ2) is 9.32. The Bertz CT molecular complexity index is 1150. The highest BCUT2D eigenvalue weighted by Crippen LogP contribution is 2.42. The minimum absolute atomic E-state index is 0.0215. The summed E-state index contributed by atoms with van der Waals surface area (Å²) in [6, 6.07) is 10.9. The molecule has 170 valence electrons. The van der Waals surface area contributed by atoms with E-state index in [2.05, 4.69) is 10.3 Å². The quantitative estimate of drug-likeness (QED) is 0.368. The standard InChI is InChI=1S/C24H26Cl2N2O4/c1-32-17-7-4-6-14(9-17)24(31)8-3-2-5-15(24)12-27-13-18-21-19(26)10-16(25)11-20(21)28-22(18)23(29)30/h4,6-7,9-11,15,27-28,31H,2-3,5,8,12-13H2,1H3,(H,29,30). The van der Waals surface area contributed by atoms with Crippen molar-refractivity contribution in [2.45, 2.75) is 37.8 Å². The highest BCUT2D eigenvalue weighted by Gasteiger charge is 2.40. The normalized spacial score (nSPS) is 21.1. The van der Waals surface area contributed by atoms with Crippen molar-refractivity contribution in [1.82, 2.24) is 10.3 Å². The summed E-state index contributed by atoms with van der Waals surface area (Å²) in [4.78, 5) is 14.7. The molecule has 4 N–H and O–H groups in total. The van der Waals surface area contributed by atoms with Gasteiger partial charge in [-0.3, -0.25) is 0 Å². The Morgan fingerprint density at radius 3 is 2.84 bits per heavy atom. The van der Waals surface area contributed by atoms with Crippen LogP contribution in [0, 0.1) is 5.92 Å². The number of ether oxygens (including phenoxy) is 1. The van der Waals surface area contributed by atoms with E-state index in [0.29, 0.717) is 51.8 Å². The van der Waals surface area contributed by atoms with Gasteiger partial charge >= 0.3 is 5.97 Å². The number of carboxylic acids is 1. The molecule has 3 aromatic rings. The molecule has 0 radical (unpaired) electrons. The summed E-state index contributed by atoms with van der Waals surface area (Å²) in [6.45, 7) is 0.832. The van der Waals surface area contributed by atoms with Gasteiger partial charge in [-0.1, -0.05) is 48.2 Å². The molecule has 8 heteroatoms. The van der Waals surface area contributed by atoms with Gasteiger partial charge in [-0.05, 0) is 42.7 Å². The molecule has 0 amide bonds. The Morgan fingerprint density at radius 2 is 2.09 bits per heavy atom. The third-order valence-corrected chi connectivity index (χ3v) is 6.95. The van der Waals surface area contributed by atoms with E-state index in [9.17, 15) is 15.0 Å². The molecule has 1 heterocycles. The summed E-state index contributed by atoms with van der Waals surface area (Å²) >= 11 is 12.5. The van der Waals surface area contributed by atoms with Crippen LogP contribution in [0.1, 0.15) is 47.3 Å². The maximum atomic E-state index is 11.8. The number of hydrogen-bond donors (Lipinski definition) is 4. The van der Waals surface area contributed by atoms with E-state index in [0.717, 1.165) is 24.8 Å². The van der Waals surface area contributed by atoms with Crippen molar-refractivity contribution < 1.29 is 19.7 Å². The average Bonchev–Trinajstić information content (AvgIpc) is 3.14. The van der Waals surface area contributed by atoms with E-state index in [4.69, 9.17) is 27.9 Å². The molecule has 2 unspecified atom stereocenters. The number of nitrogens with one attached hydrogen (secondary N) is 2.